The van der Waals surface area contributed by atoms with Crippen LogP contribution in [0.1, 0.15) is 39.2 Å². The van der Waals surface area contributed by atoms with Gasteiger partial charge in [0.25, 0.3) is 0 Å². The number of carbonyl (C=O) groups excluding carboxylic acids is 1. The summed E-state index contributed by atoms with van der Waals surface area (Å²) in [6.45, 7) is 8.74. The van der Waals surface area contributed by atoms with Crippen LogP contribution in [-0.2, 0) is 4.79 Å². The Kier molecular flexibility index (Phi) is 10.2. The fourth-order valence-electron chi connectivity index (χ4n) is 5.72. The van der Waals surface area contributed by atoms with Crippen LogP contribution in [0.3, 0.4) is 0 Å². The minimum atomic E-state index is 0.0709. The normalized spacial score (nSPS) is 21.9. The second-order valence-corrected chi connectivity index (χ2v) is 10.5. The first kappa shape index (κ1) is 29.2. The fourth-order valence-corrected chi connectivity index (χ4v) is 5.72. The Bertz CT molecular complexity index is 1290. The van der Waals surface area contributed by atoms with E-state index in [0.717, 1.165) is 60.0 Å². The summed E-state index contributed by atoms with van der Waals surface area (Å²) in [4.78, 5) is 24.8. The van der Waals surface area contributed by atoms with Gasteiger partial charge in [0, 0.05) is 61.2 Å². The van der Waals surface area contributed by atoms with Gasteiger partial charge in [0.1, 0.15) is 11.5 Å². The minimum Gasteiger partial charge on any atom is -0.457 e. The average molecular weight is 540 g/mol. The summed E-state index contributed by atoms with van der Waals surface area (Å²) in [7, 11) is 1.87. The van der Waals surface area contributed by atoms with Crippen molar-refractivity contribution in [3.8, 4) is 11.5 Å². The molecule has 0 aliphatic carbocycles. The lowest BCUT2D eigenvalue weighted by Gasteiger charge is -2.38. The zero-order valence-corrected chi connectivity index (χ0v) is 24.1. The number of likely N-dealkylation sites (tertiary alicyclic amines) is 1. The molecule has 0 spiro atoms. The SMILES string of the molecule is CC=NC1=C(C(C)=N)C(c2ccc(Oc3ccccc3)cc2)=NCC(C2CCCN(C(=O)C=CCNC)C2)C1C. The van der Waals surface area contributed by atoms with E-state index in [4.69, 9.17) is 20.1 Å². The van der Waals surface area contributed by atoms with E-state index in [1.165, 1.54) is 0 Å². The number of amides is 1. The van der Waals surface area contributed by atoms with Crippen LogP contribution in [0.5, 0.6) is 11.5 Å². The monoisotopic (exact) mass is 539 g/mol. The number of para-hydroxylation sites is 1. The molecule has 1 fully saturated rings. The number of likely N-dealkylation sites (N-methyl/N-ethyl adjacent to an activating group) is 1. The molecule has 3 atom stereocenters. The number of rotatable bonds is 9. The maximum Gasteiger partial charge on any atom is 0.246 e. The third kappa shape index (κ3) is 7.02. The molecule has 2 aromatic carbocycles. The molecule has 1 amide bonds. The highest BCUT2D eigenvalue weighted by Crippen LogP contribution is 2.38. The molecule has 0 radical (unpaired) electrons. The molecule has 210 valence electrons. The summed E-state index contributed by atoms with van der Waals surface area (Å²) in [5.74, 6) is 2.21. The smallest absolute Gasteiger partial charge is 0.246 e. The Morgan fingerprint density at radius 2 is 1.90 bits per heavy atom. The van der Waals surface area contributed by atoms with E-state index in [0.29, 0.717) is 24.7 Å². The number of aliphatic imine (C=N–C) groups is 2. The van der Waals surface area contributed by atoms with Crippen molar-refractivity contribution in [3.63, 3.8) is 0 Å². The molecule has 1 saturated heterocycles. The number of benzene rings is 2. The van der Waals surface area contributed by atoms with Crippen molar-refractivity contribution in [1.29, 1.82) is 5.41 Å². The van der Waals surface area contributed by atoms with Gasteiger partial charge >= 0.3 is 0 Å². The fraction of sp³-hybridized carbons (Fsp3) is 0.394. The summed E-state index contributed by atoms with van der Waals surface area (Å²) in [6.07, 6.45) is 7.40. The van der Waals surface area contributed by atoms with Crippen LogP contribution in [0, 0.1) is 23.2 Å². The van der Waals surface area contributed by atoms with Crippen LogP contribution < -0.4 is 10.1 Å². The average Bonchev–Trinajstić information content (AvgIpc) is 3.11. The van der Waals surface area contributed by atoms with Crippen molar-refractivity contribution in [2.45, 2.75) is 33.6 Å². The maximum atomic E-state index is 12.9. The highest BCUT2D eigenvalue weighted by Gasteiger charge is 2.37. The van der Waals surface area contributed by atoms with Crippen molar-refractivity contribution >= 4 is 23.5 Å². The number of hydrogen-bond donors (Lipinski definition) is 2. The Hall–Kier alpha value is -3.84. The van der Waals surface area contributed by atoms with Crippen molar-refractivity contribution in [2.24, 2.45) is 27.7 Å². The van der Waals surface area contributed by atoms with E-state index in [-0.39, 0.29) is 17.7 Å². The summed E-state index contributed by atoms with van der Waals surface area (Å²) in [6, 6.07) is 17.6. The molecule has 40 heavy (non-hydrogen) atoms. The van der Waals surface area contributed by atoms with Gasteiger partial charge in [0.15, 0.2) is 0 Å². The van der Waals surface area contributed by atoms with Gasteiger partial charge in [-0.05, 0) is 82.0 Å². The van der Waals surface area contributed by atoms with Gasteiger partial charge in [-0.3, -0.25) is 14.8 Å². The Balaban J connectivity index is 1.63. The molecule has 0 saturated carbocycles. The third-order valence-electron chi connectivity index (χ3n) is 7.73. The molecular weight excluding hydrogens is 498 g/mol. The second kappa shape index (κ2) is 14.0. The molecule has 0 bridgehead atoms. The van der Waals surface area contributed by atoms with Gasteiger partial charge in [-0.15, -0.1) is 0 Å². The predicted molar refractivity (Wildman–Crippen MR) is 164 cm³/mol. The lowest BCUT2D eigenvalue weighted by molar-refractivity contribution is -0.128. The van der Waals surface area contributed by atoms with Gasteiger partial charge in [-0.25, -0.2) is 0 Å². The first-order chi connectivity index (χ1) is 19.4. The molecule has 0 aromatic heterocycles. The topological polar surface area (TPSA) is 90.1 Å². The largest absolute Gasteiger partial charge is 0.457 e. The molecular formula is C33H41N5O2. The molecule has 7 nitrogen and oxygen atoms in total. The van der Waals surface area contributed by atoms with E-state index in [1.807, 2.05) is 92.7 Å². The number of piperidine rings is 1. The van der Waals surface area contributed by atoms with Crippen molar-refractivity contribution in [2.75, 3.05) is 33.2 Å². The first-order valence-corrected chi connectivity index (χ1v) is 14.2. The zero-order chi connectivity index (χ0) is 28.5. The van der Waals surface area contributed by atoms with Crippen LogP contribution in [-0.4, -0.2) is 61.7 Å². The molecule has 7 heteroatoms. The summed E-state index contributed by atoms with van der Waals surface area (Å²) in [5.41, 5.74) is 3.88. The number of allylic oxidation sites excluding steroid dienone is 2. The highest BCUT2D eigenvalue weighted by molar-refractivity contribution is 6.29. The molecule has 2 heterocycles. The maximum absolute atomic E-state index is 12.9. The quantitative estimate of drug-likeness (QED) is 0.306. The van der Waals surface area contributed by atoms with Crippen LogP contribution >= 0.6 is 0 Å². The molecule has 2 aliphatic heterocycles. The second-order valence-electron chi connectivity index (χ2n) is 10.5. The molecule has 4 rings (SSSR count). The van der Waals surface area contributed by atoms with E-state index < -0.39 is 0 Å². The van der Waals surface area contributed by atoms with Gasteiger partial charge in [-0.1, -0.05) is 31.2 Å². The minimum absolute atomic E-state index is 0.0709. The Morgan fingerprint density at radius 3 is 2.58 bits per heavy atom. The van der Waals surface area contributed by atoms with Crippen LogP contribution in [0.4, 0.5) is 0 Å². The van der Waals surface area contributed by atoms with Crippen molar-refractivity contribution in [3.05, 3.63) is 83.6 Å². The summed E-state index contributed by atoms with van der Waals surface area (Å²) < 4.78 is 5.99. The number of hydrogen-bond acceptors (Lipinski definition) is 6. The van der Waals surface area contributed by atoms with Gasteiger partial charge < -0.3 is 20.4 Å². The van der Waals surface area contributed by atoms with E-state index in [9.17, 15) is 4.79 Å². The summed E-state index contributed by atoms with van der Waals surface area (Å²) >= 11 is 0. The van der Waals surface area contributed by atoms with E-state index in [1.54, 1.807) is 6.08 Å². The number of nitrogens with zero attached hydrogens (tertiary/aromatic N) is 3. The van der Waals surface area contributed by atoms with Crippen LogP contribution in [0.15, 0.2) is 88.0 Å². The van der Waals surface area contributed by atoms with Crippen LogP contribution in [0.2, 0.25) is 0 Å². The molecule has 2 aliphatic rings. The Labute approximate surface area is 238 Å². The first-order valence-electron chi connectivity index (χ1n) is 14.2. The molecule has 2 N–H and O–H groups in total. The van der Waals surface area contributed by atoms with Crippen molar-refractivity contribution in [1.82, 2.24) is 10.2 Å². The lowest BCUT2D eigenvalue weighted by atomic mass is 9.76. The predicted octanol–water partition coefficient (Wildman–Crippen LogP) is 5.93. The number of nitrogens with one attached hydrogen (secondary N) is 2. The van der Waals surface area contributed by atoms with Gasteiger partial charge in [0.05, 0.1) is 11.4 Å². The highest BCUT2D eigenvalue weighted by atomic mass is 16.5. The van der Waals surface area contributed by atoms with Crippen molar-refractivity contribution < 1.29 is 9.53 Å². The van der Waals surface area contributed by atoms with Gasteiger partial charge in [-0.2, -0.15) is 0 Å². The molecule has 2 aromatic rings. The van der Waals surface area contributed by atoms with Gasteiger partial charge in [0.2, 0.25) is 5.91 Å². The number of ether oxygens (including phenoxy) is 1. The molecule has 3 unspecified atom stereocenters. The Morgan fingerprint density at radius 1 is 1.18 bits per heavy atom. The van der Waals surface area contributed by atoms with Crippen LogP contribution in [0.25, 0.3) is 0 Å². The standard InChI is InChI=1S/C33H41N5O2/c1-5-36-32-23(2)29(26-11-10-20-38(22-26)30(39)14-9-19-35-4)21-37-33(31(32)24(3)34)25-15-17-28(18-16-25)40-27-12-7-6-8-13-27/h5-9,12-18,23,26,29,34-35H,10-11,19-22H2,1-4H3. The third-order valence-corrected chi connectivity index (χ3v) is 7.73. The summed E-state index contributed by atoms with van der Waals surface area (Å²) in [5, 5.41) is 11.8. The lowest BCUT2D eigenvalue weighted by Crippen LogP contribution is -2.43. The van der Waals surface area contributed by atoms with E-state index >= 15 is 0 Å². The number of carbonyl (C=O) groups is 1. The zero-order valence-electron chi connectivity index (χ0n) is 24.1. The van der Waals surface area contributed by atoms with E-state index in [2.05, 4.69) is 12.2 Å².